The maximum absolute atomic E-state index is 10.5. The molecular weight excluding hydrogens is 184 g/mol. The Bertz CT molecular complexity index is 350. The molecule has 0 saturated carbocycles. The summed E-state index contributed by atoms with van der Waals surface area (Å²) in [5.41, 5.74) is 0.481. The number of methoxy groups -OCH3 is 1. The van der Waals surface area contributed by atoms with Crippen LogP contribution in [0.4, 0.5) is 5.82 Å². The number of hydrogen-bond donors (Lipinski definition) is 0. The van der Waals surface area contributed by atoms with Gasteiger partial charge in [0.2, 0.25) is 0 Å². The quantitative estimate of drug-likeness (QED) is 0.540. The molecule has 0 aliphatic carbocycles. The van der Waals surface area contributed by atoms with Gasteiger partial charge in [-0.2, -0.15) is 0 Å². The highest BCUT2D eigenvalue weighted by Gasteiger charge is 2.10. The van der Waals surface area contributed by atoms with E-state index >= 15 is 0 Å². The smallest absolute Gasteiger partial charge is 0.370 e. The van der Waals surface area contributed by atoms with E-state index in [2.05, 4.69) is 4.98 Å². The van der Waals surface area contributed by atoms with E-state index in [0.29, 0.717) is 12.2 Å². The van der Waals surface area contributed by atoms with Gasteiger partial charge in [-0.05, 0) is 28.1 Å². The summed E-state index contributed by atoms with van der Waals surface area (Å²) in [5, 5.41) is 10.5. The Balaban J connectivity index is 2.90. The molecule has 0 atom stereocenters. The van der Waals surface area contributed by atoms with Crippen LogP contribution in [-0.2, 0) is 4.74 Å². The van der Waals surface area contributed by atoms with Crippen molar-refractivity contribution in [2.75, 3.05) is 13.7 Å². The summed E-state index contributed by atoms with van der Waals surface area (Å²) in [7, 11) is 1.56. The lowest BCUT2D eigenvalue weighted by molar-refractivity contribution is -0.389. The maximum Gasteiger partial charge on any atom is 0.370 e. The van der Waals surface area contributed by atoms with Crippen molar-refractivity contribution in [2.45, 2.75) is 0 Å². The van der Waals surface area contributed by atoms with Crippen molar-refractivity contribution in [1.29, 1.82) is 0 Å². The Hall–Kier alpha value is -1.75. The first kappa shape index (κ1) is 10.3. The summed E-state index contributed by atoms with van der Waals surface area (Å²) in [6.45, 7) is 0.423. The van der Waals surface area contributed by atoms with Gasteiger partial charge in [-0.25, -0.2) is 0 Å². The minimum Gasteiger partial charge on any atom is -0.381 e. The molecule has 0 unspecified atom stereocenters. The van der Waals surface area contributed by atoms with Crippen LogP contribution in [0.3, 0.4) is 0 Å². The number of rotatable bonds is 4. The zero-order valence-corrected chi connectivity index (χ0v) is 7.71. The molecule has 1 aromatic rings. The molecule has 0 amide bonds. The van der Waals surface area contributed by atoms with Crippen LogP contribution in [0.2, 0.25) is 0 Å². The van der Waals surface area contributed by atoms with Crippen LogP contribution in [0.5, 0.6) is 0 Å². The van der Waals surface area contributed by atoms with Gasteiger partial charge in [0.1, 0.15) is 6.20 Å². The van der Waals surface area contributed by atoms with Gasteiger partial charge in [-0.15, -0.1) is 0 Å². The van der Waals surface area contributed by atoms with Gasteiger partial charge < -0.3 is 14.9 Å². The molecule has 1 heterocycles. The third-order valence-electron chi connectivity index (χ3n) is 1.55. The number of aromatic nitrogens is 1. The van der Waals surface area contributed by atoms with Gasteiger partial charge >= 0.3 is 5.82 Å². The van der Waals surface area contributed by atoms with Gasteiger partial charge in [-0.1, -0.05) is 6.08 Å². The fourth-order valence-corrected chi connectivity index (χ4v) is 0.963. The highest BCUT2D eigenvalue weighted by molar-refractivity contribution is 5.57. The zero-order valence-electron chi connectivity index (χ0n) is 7.71. The molecule has 14 heavy (non-hydrogen) atoms. The molecule has 0 saturated heterocycles. The van der Waals surface area contributed by atoms with Gasteiger partial charge in [0.15, 0.2) is 0 Å². The van der Waals surface area contributed by atoms with Crippen LogP contribution in [0.1, 0.15) is 5.56 Å². The molecule has 0 N–H and O–H groups in total. The van der Waals surface area contributed by atoms with Gasteiger partial charge in [-0.3, -0.25) is 0 Å². The van der Waals surface area contributed by atoms with Crippen molar-refractivity contribution in [3.63, 3.8) is 0 Å². The molecule has 0 aromatic carbocycles. The maximum atomic E-state index is 10.5. The highest BCUT2D eigenvalue weighted by atomic mass is 16.6. The highest BCUT2D eigenvalue weighted by Crippen LogP contribution is 2.15. The fraction of sp³-hybridized carbons (Fsp3) is 0.222. The predicted molar refractivity (Wildman–Crippen MR) is 51.8 cm³/mol. The zero-order chi connectivity index (χ0) is 10.4. The van der Waals surface area contributed by atoms with E-state index in [1.54, 1.807) is 31.4 Å². The first-order chi connectivity index (χ1) is 6.75. The number of ether oxygens (including phenoxy) is 1. The van der Waals surface area contributed by atoms with Gasteiger partial charge in [0, 0.05) is 7.11 Å². The third-order valence-corrected chi connectivity index (χ3v) is 1.55. The average molecular weight is 194 g/mol. The monoisotopic (exact) mass is 194 g/mol. The molecule has 0 aliphatic heterocycles. The lowest BCUT2D eigenvalue weighted by atomic mass is 10.2. The van der Waals surface area contributed by atoms with Crippen molar-refractivity contribution in [3.8, 4) is 0 Å². The molecule has 74 valence electrons. The summed E-state index contributed by atoms with van der Waals surface area (Å²) in [6, 6.07) is 3.29. The van der Waals surface area contributed by atoms with Gasteiger partial charge in [0.05, 0.1) is 12.2 Å². The fourth-order valence-electron chi connectivity index (χ4n) is 0.963. The first-order valence-corrected chi connectivity index (χ1v) is 4.00. The number of nitrogens with zero attached hydrogens (tertiary/aromatic N) is 2. The number of pyridine rings is 1. The van der Waals surface area contributed by atoms with E-state index in [1.807, 2.05) is 0 Å². The van der Waals surface area contributed by atoms with Crippen LogP contribution in [0.25, 0.3) is 6.08 Å². The summed E-state index contributed by atoms with van der Waals surface area (Å²) < 4.78 is 4.79. The van der Waals surface area contributed by atoms with E-state index in [0.717, 1.165) is 0 Å². The molecule has 5 heteroatoms. The Labute approximate surface area is 81.2 Å². The molecule has 5 nitrogen and oxygen atoms in total. The van der Waals surface area contributed by atoms with E-state index in [9.17, 15) is 10.1 Å². The van der Waals surface area contributed by atoms with E-state index in [-0.39, 0.29) is 5.82 Å². The minimum atomic E-state index is -0.507. The predicted octanol–water partition coefficient (Wildman–Crippen LogP) is 1.65. The molecule has 1 rings (SSSR count). The third kappa shape index (κ3) is 2.63. The van der Waals surface area contributed by atoms with Crippen molar-refractivity contribution >= 4 is 11.9 Å². The summed E-state index contributed by atoms with van der Waals surface area (Å²) in [6.07, 6.45) is 4.71. The molecule has 0 spiro atoms. The second-order valence-corrected chi connectivity index (χ2v) is 2.53. The first-order valence-electron chi connectivity index (χ1n) is 4.00. The van der Waals surface area contributed by atoms with Crippen LogP contribution in [-0.4, -0.2) is 23.6 Å². The van der Waals surface area contributed by atoms with Crippen molar-refractivity contribution in [3.05, 3.63) is 40.1 Å². The van der Waals surface area contributed by atoms with E-state index < -0.39 is 4.92 Å². The van der Waals surface area contributed by atoms with Crippen LogP contribution in [0.15, 0.2) is 24.4 Å². The van der Waals surface area contributed by atoms with Crippen LogP contribution in [0, 0.1) is 10.1 Å². The lowest BCUT2D eigenvalue weighted by Gasteiger charge is -1.95. The summed E-state index contributed by atoms with van der Waals surface area (Å²) in [5.74, 6) is -0.139. The van der Waals surface area contributed by atoms with Crippen LogP contribution >= 0.6 is 0 Å². The largest absolute Gasteiger partial charge is 0.381 e. The molecule has 1 aromatic heterocycles. The summed E-state index contributed by atoms with van der Waals surface area (Å²) in [4.78, 5) is 13.7. The summed E-state index contributed by atoms with van der Waals surface area (Å²) >= 11 is 0. The minimum absolute atomic E-state index is 0.139. The Kier molecular flexibility index (Phi) is 3.75. The molecule has 0 radical (unpaired) electrons. The SMILES string of the molecule is COCC=Cc1cccnc1[N+](=O)[O-]. The van der Waals surface area contributed by atoms with E-state index in [1.165, 1.54) is 6.20 Å². The number of hydrogen-bond acceptors (Lipinski definition) is 4. The second-order valence-electron chi connectivity index (χ2n) is 2.53. The number of nitro groups is 1. The topological polar surface area (TPSA) is 65.3 Å². The molecular formula is C9H10N2O3. The lowest BCUT2D eigenvalue weighted by Crippen LogP contribution is -1.94. The van der Waals surface area contributed by atoms with Gasteiger partial charge in [0.25, 0.3) is 0 Å². The van der Waals surface area contributed by atoms with Crippen molar-refractivity contribution in [1.82, 2.24) is 4.98 Å². The van der Waals surface area contributed by atoms with E-state index in [4.69, 9.17) is 4.74 Å². The normalized spacial score (nSPS) is 10.6. The van der Waals surface area contributed by atoms with Crippen LogP contribution < -0.4 is 0 Å². The second kappa shape index (κ2) is 5.08. The standard InChI is InChI=1S/C9H10N2O3/c1-14-7-3-5-8-4-2-6-10-9(8)11(12)13/h2-6H,7H2,1H3. The Morgan fingerprint density at radius 3 is 3.14 bits per heavy atom. The van der Waals surface area contributed by atoms with Crippen molar-refractivity contribution < 1.29 is 9.66 Å². The van der Waals surface area contributed by atoms with Crippen molar-refractivity contribution in [2.24, 2.45) is 0 Å². The molecule has 0 bridgehead atoms. The Morgan fingerprint density at radius 1 is 1.71 bits per heavy atom. The molecule has 0 aliphatic rings. The average Bonchev–Trinajstić information content (AvgIpc) is 2.19. The molecule has 0 fully saturated rings. The Morgan fingerprint density at radius 2 is 2.50 bits per heavy atom.